The summed E-state index contributed by atoms with van der Waals surface area (Å²) in [6.45, 7) is 1.87. The van der Waals surface area contributed by atoms with Gasteiger partial charge in [0, 0.05) is 57.4 Å². The molecule has 6 heteroatoms. The van der Waals surface area contributed by atoms with Gasteiger partial charge in [0.2, 0.25) is 0 Å². The third-order valence-electron chi connectivity index (χ3n) is 5.86. The van der Waals surface area contributed by atoms with E-state index < -0.39 is 0 Å². The van der Waals surface area contributed by atoms with E-state index in [2.05, 4.69) is 51.9 Å². The summed E-state index contributed by atoms with van der Waals surface area (Å²) in [6, 6.07) is 16.2. The van der Waals surface area contributed by atoms with Crippen molar-refractivity contribution in [2.45, 2.75) is 13.0 Å². The molecule has 5 rings (SSSR count). The van der Waals surface area contributed by atoms with Crippen LogP contribution in [0.1, 0.15) is 17.5 Å². The van der Waals surface area contributed by atoms with Crippen molar-refractivity contribution in [3.8, 4) is 0 Å². The third kappa shape index (κ3) is 3.25. The van der Waals surface area contributed by atoms with Gasteiger partial charge in [0.15, 0.2) is 0 Å². The predicted octanol–water partition coefficient (Wildman–Crippen LogP) is 3.88. The standard InChI is InChI=1S/C25H25N5O/c1-29(2)12-7-13-30-15-19(17-9-4-6-11-21(17)30)23-22(24(26)28-25(23)31)18-14-27-20-10-5-3-8-16(18)20/h3-6,8-11,14-15,27H,7,12-13H2,1-2H3,(H2,26,28,31). The van der Waals surface area contributed by atoms with Crippen LogP contribution in [0.3, 0.4) is 0 Å². The molecule has 0 saturated heterocycles. The Morgan fingerprint density at radius 3 is 2.55 bits per heavy atom. The summed E-state index contributed by atoms with van der Waals surface area (Å²) in [4.78, 5) is 22.6. The molecule has 3 N–H and O–H groups in total. The third-order valence-corrected chi connectivity index (χ3v) is 5.86. The second-order valence-corrected chi connectivity index (χ2v) is 8.21. The zero-order valence-corrected chi connectivity index (χ0v) is 17.7. The molecule has 3 heterocycles. The Kier molecular flexibility index (Phi) is 4.71. The molecule has 0 saturated carbocycles. The number of nitrogens with one attached hydrogen (secondary N) is 1. The van der Waals surface area contributed by atoms with Crippen LogP contribution >= 0.6 is 0 Å². The Labute approximate surface area is 180 Å². The number of hydrogen-bond donors (Lipinski definition) is 2. The number of aryl methyl sites for hydroxylation is 1. The molecule has 1 aliphatic rings. The first-order chi connectivity index (χ1) is 15.0. The van der Waals surface area contributed by atoms with Gasteiger partial charge in [0.25, 0.3) is 5.91 Å². The number of carbonyl (C=O) groups excluding carboxylic acids is 1. The van der Waals surface area contributed by atoms with Crippen LogP contribution in [0.15, 0.2) is 65.9 Å². The van der Waals surface area contributed by atoms with Gasteiger partial charge < -0.3 is 20.2 Å². The van der Waals surface area contributed by atoms with Gasteiger partial charge in [-0.2, -0.15) is 4.99 Å². The van der Waals surface area contributed by atoms with E-state index in [0.29, 0.717) is 11.1 Å². The first-order valence-corrected chi connectivity index (χ1v) is 10.5. The topological polar surface area (TPSA) is 79.4 Å². The summed E-state index contributed by atoms with van der Waals surface area (Å²) in [7, 11) is 4.16. The molecule has 0 radical (unpaired) electrons. The first-order valence-electron chi connectivity index (χ1n) is 10.5. The van der Waals surface area contributed by atoms with Crippen molar-refractivity contribution in [2.24, 2.45) is 10.7 Å². The summed E-state index contributed by atoms with van der Waals surface area (Å²) >= 11 is 0. The molecule has 31 heavy (non-hydrogen) atoms. The minimum absolute atomic E-state index is 0.272. The van der Waals surface area contributed by atoms with Crippen LogP contribution in [0.25, 0.3) is 33.0 Å². The van der Waals surface area contributed by atoms with Crippen molar-refractivity contribution >= 4 is 44.7 Å². The molecular weight excluding hydrogens is 386 g/mol. The Balaban J connectivity index is 1.70. The number of aromatic nitrogens is 2. The minimum atomic E-state index is -0.283. The molecule has 0 fully saturated rings. The highest BCUT2D eigenvalue weighted by Crippen LogP contribution is 2.38. The average Bonchev–Trinajstić information content (AvgIpc) is 3.41. The number of nitrogens with zero attached hydrogens (tertiary/aromatic N) is 3. The number of amidine groups is 1. The lowest BCUT2D eigenvalue weighted by Gasteiger charge is -2.10. The normalized spacial score (nSPS) is 14.4. The van der Waals surface area contributed by atoms with E-state index in [1.807, 2.05) is 42.6 Å². The number of fused-ring (bicyclic) bond motifs is 2. The maximum atomic E-state index is 13.0. The fraction of sp³-hybridized carbons (Fsp3) is 0.200. The largest absolute Gasteiger partial charge is 0.383 e. The molecule has 2 aromatic heterocycles. The number of para-hydroxylation sites is 2. The number of amides is 1. The van der Waals surface area contributed by atoms with E-state index in [9.17, 15) is 4.79 Å². The van der Waals surface area contributed by atoms with Crippen molar-refractivity contribution in [3.05, 3.63) is 72.1 Å². The van der Waals surface area contributed by atoms with Crippen LogP contribution in [0, 0.1) is 0 Å². The zero-order valence-electron chi connectivity index (χ0n) is 17.7. The van der Waals surface area contributed by atoms with Gasteiger partial charge in [-0.25, -0.2) is 0 Å². The summed E-state index contributed by atoms with van der Waals surface area (Å²) in [5.41, 5.74) is 11.5. The molecule has 0 aliphatic carbocycles. The van der Waals surface area contributed by atoms with E-state index in [-0.39, 0.29) is 11.7 Å². The average molecular weight is 412 g/mol. The molecule has 0 bridgehead atoms. The van der Waals surface area contributed by atoms with Crippen molar-refractivity contribution in [2.75, 3.05) is 20.6 Å². The number of aliphatic imine (C=N–C) groups is 1. The monoisotopic (exact) mass is 411 g/mol. The quantitative estimate of drug-likeness (QED) is 0.505. The van der Waals surface area contributed by atoms with Crippen LogP contribution < -0.4 is 5.73 Å². The fourth-order valence-electron chi connectivity index (χ4n) is 4.45. The molecule has 156 valence electrons. The maximum Gasteiger partial charge on any atom is 0.280 e. The molecule has 6 nitrogen and oxygen atoms in total. The zero-order chi connectivity index (χ0) is 21.5. The molecular formula is C25H25N5O. The molecule has 1 amide bonds. The van der Waals surface area contributed by atoms with Crippen molar-refractivity contribution in [3.63, 3.8) is 0 Å². The van der Waals surface area contributed by atoms with E-state index in [1.165, 1.54) is 0 Å². The van der Waals surface area contributed by atoms with Crippen LogP contribution in [-0.4, -0.2) is 46.8 Å². The molecule has 4 aromatic rings. The highest BCUT2D eigenvalue weighted by molar-refractivity contribution is 6.49. The summed E-state index contributed by atoms with van der Waals surface area (Å²) in [5, 5.41) is 2.07. The lowest BCUT2D eigenvalue weighted by Crippen LogP contribution is -2.14. The van der Waals surface area contributed by atoms with Gasteiger partial charge in [0.05, 0.1) is 5.57 Å². The number of H-pyrrole nitrogens is 1. The number of rotatable bonds is 6. The molecule has 2 aromatic carbocycles. The summed E-state index contributed by atoms with van der Waals surface area (Å²) in [5.74, 6) is -0.0110. The second kappa shape index (κ2) is 7.56. The molecule has 1 aliphatic heterocycles. The number of aromatic amines is 1. The van der Waals surface area contributed by atoms with Crippen LogP contribution in [0.4, 0.5) is 0 Å². The van der Waals surface area contributed by atoms with Gasteiger partial charge in [0.1, 0.15) is 5.84 Å². The smallest absolute Gasteiger partial charge is 0.280 e. The van der Waals surface area contributed by atoms with Crippen LogP contribution in [-0.2, 0) is 11.3 Å². The van der Waals surface area contributed by atoms with Gasteiger partial charge in [-0.3, -0.25) is 4.79 Å². The molecule has 0 unspecified atom stereocenters. The van der Waals surface area contributed by atoms with Crippen molar-refractivity contribution in [1.82, 2.24) is 14.5 Å². The Morgan fingerprint density at radius 2 is 1.74 bits per heavy atom. The number of carbonyl (C=O) groups is 1. The van der Waals surface area contributed by atoms with E-state index in [4.69, 9.17) is 5.73 Å². The molecule has 0 atom stereocenters. The highest BCUT2D eigenvalue weighted by Gasteiger charge is 2.31. The van der Waals surface area contributed by atoms with Crippen molar-refractivity contribution in [1.29, 1.82) is 0 Å². The summed E-state index contributed by atoms with van der Waals surface area (Å²) in [6.07, 6.45) is 5.01. The summed E-state index contributed by atoms with van der Waals surface area (Å²) < 4.78 is 2.23. The first kappa shape index (κ1) is 19.3. The lowest BCUT2D eigenvalue weighted by molar-refractivity contribution is -0.112. The number of benzene rings is 2. The molecule has 0 spiro atoms. The van der Waals surface area contributed by atoms with E-state index in [0.717, 1.165) is 52.4 Å². The van der Waals surface area contributed by atoms with Gasteiger partial charge in [-0.05, 0) is 39.2 Å². The van der Waals surface area contributed by atoms with Gasteiger partial charge in [-0.15, -0.1) is 0 Å². The van der Waals surface area contributed by atoms with Crippen LogP contribution in [0.5, 0.6) is 0 Å². The van der Waals surface area contributed by atoms with E-state index in [1.54, 1.807) is 0 Å². The van der Waals surface area contributed by atoms with Gasteiger partial charge in [-0.1, -0.05) is 36.4 Å². The predicted molar refractivity (Wildman–Crippen MR) is 127 cm³/mol. The fourth-order valence-corrected chi connectivity index (χ4v) is 4.45. The van der Waals surface area contributed by atoms with Crippen LogP contribution in [0.2, 0.25) is 0 Å². The lowest BCUT2D eigenvalue weighted by atomic mass is 9.95. The Morgan fingerprint density at radius 1 is 1.00 bits per heavy atom. The second-order valence-electron chi connectivity index (χ2n) is 8.21. The minimum Gasteiger partial charge on any atom is -0.383 e. The van der Waals surface area contributed by atoms with E-state index >= 15 is 0 Å². The Hall–Kier alpha value is -3.64. The Bertz CT molecular complexity index is 1370. The van der Waals surface area contributed by atoms with Crippen molar-refractivity contribution < 1.29 is 4.79 Å². The van der Waals surface area contributed by atoms with Gasteiger partial charge >= 0.3 is 0 Å². The number of nitrogens with two attached hydrogens (primary N) is 1. The highest BCUT2D eigenvalue weighted by atomic mass is 16.1. The SMILES string of the molecule is CN(C)CCCn1cc(C2=C(c3c[nH]c4ccccc34)C(N)=NC2=O)c2ccccc21. The maximum absolute atomic E-state index is 13.0. The number of hydrogen-bond acceptors (Lipinski definition) is 3.